The molecule has 0 spiro atoms. The Morgan fingerprint density at radius 3 is 1.52 bits per heavy atom. The first-order chi connectivity index (χ1) is 11.1. The fourth-order valence-electron chi connectivity index (χ4n) is 1.78. The van der Waals surface area contributed by atoms with Gasteiger partial charge in [-0.25, -0.2) is 0 Å². The van der Waals surface area contributed by atoms with Crippen LogP contribution >= 0.6 is 0 Å². The SMILES string of the molecule is O=C(CCC(=O)c1ccco1)OC(=O)CCC(=O)c1ccco1. The minimum Gasteiger partial charge on any atom is -0.461 e. The lowest BCUT2D eigenvalue weighted by Crippen LogP contribution is -2.14. The van der Waals surface area contributed by atoms with Crippen LogP contribution in [-0.4, -0.2) is 23.5 Å². The Kier molecular flexibility index (Phi) is 5.62. The summed E-state index contributed by atoms with van der Waals surface area (Å²) in [6.07, 6.45) is 1.99. The number of carbonyl (C=O) groups excluding carboxylic acids is 4. The maximum Gasteiger partial charge on any atom is 0.313 e. The van der Waals surface area contributed by atoms with Gasteiger partial charge in [-0.15, -0.1) is 0 Å². The third-order valence-corrected chi connectivity index (χ3v) is 2.93. The second-order valence-electron chi connectivity index (χ2n) is 4.65. The van der Waals surface area contributed by atoms with Gasteiger partial charge in [0.15, 0.2) is 23.1 Å². The van der Waals surface area contributed by atoms with Gasteiger partial charge < -0.3 is 13.6 Å². The first-order valence-corrected chi connectivity index (χ1v) is 6.93. The average molecular weight is 318 g/mol. The van der Waals surface area contributed by atoms with Crippen molar-refractivity contribution >= 4 is 23.5 Å². The van der Waals surface area contributed by atoms with Gasteiger partial charge in [0.25, 0.3) is 0 Å². The summed E-state index contributed by atoms with van der Waals surface area (Å²) in [6, 6.07) is 6.09. The number of rotatable bonds is 8. The molecule has 23 heavy (non-hydrogen) atoms. The van der Waals surface area contributed by atoms with Crippen LogP contribution in [0, 0.1) is 0 Å². The molecule has 120 valence electrons. The van der Waals surface area contributed by atoms with Crippen LogP contribution in [0.25, 0.3) is 0 Å². The quantitative estimate of drug-likeness (QED) is 0.418. The fourth-order valence-corrected chi connectivity index (χ4v) is 1.78. The highest BCUT2D eigenvalue weighted by atomic mass is 16.6. The minimum atomic E-state index is -0.819. The van der Waals surface area contributed by atoms with E-state index in [2.05, 4.69) is 4.74 Å². The molecule has 2 aromatic heterocycles. The highest BCUT2D eigenvalue weighted by Gasteiger charge is 2.17. The molecule has 0 atom stereocenters. The molecule has 7 nitrogen and oxygen atoms in total. The van der Waals surface area contributed by atoms with Gasteiger partial charge in [0.1, 0.15) is 0 Å². The molecular formula is C16H14O7. The van der Waals surface area contributed by atoms with Crippen LogP contribution in [0.4, 0.5) is 0 Å². The molecule has 0 unspecified atom stereocenters. The smallest absolute Gasteiger partial charge is 0.313 e. The monoisotopic (exact) mass is 318 g/mol. The molecule has 0 aromatic carbocycles. The molecule has 0 N–H and O–H groups in total. The lowest BCUT2D eigenvalue weighted by atomic mass is 10.2. The topological polar surface area (TPSA) is 104 Å². The molecule has 7 heteroatoms. The van der Waals surface area contributed by atoms with E-state index in [1.54, 1.807) is 12.1 Å². The maximum absolute atomic E-state index is 11.6. The number of carbonyl (C=O) groups is 4. The minimum absolute atomic E-state index is 0.120. The average Bonchev–Trinajstić information content (AvgIpc) is 3.22. The number of hydrogen-bond donors (Lipinski definition) is 0. The van der Waals surface area contributed by atoms with Crippen LogP contribution in [0.3, 0.4) is 0 Å². The Balaban J connectivity index is 1.67. The number of furan rings is 2. The first kappa shape index (κ1) is 16.4. The molecule has 0 bridgehead atoms. The molecule has 0 saturated carbocycles. The molecule has 0 fully saturated rings. The van der Waals surface area contributed by atoms with Crippen LogP contribution in [0.1, 0.15) is 46.8 Å². The Morgan fingerprint density at radius 1 is 0.739 bits per heavy atom. The van der Waals surface area contributed by atoms with Crippen molar-refractivity contribution < 1.29 is 32.7 Å². The van der Waals surface area contributed by atoms with E-state index in [0.29, 0.717) is 0 Å². The predicted octanol–water partition coefficient (Wildman–Crippen LogP) is 2.57. The van der Waals surface area contributed by atoms with Crippen LogP contribution < -0.4 is 0 Å². The highest BCUT2D eigenvalue weighted by Crippen LogP contribution is 2.09. The number of esters is 2. The van der Waals surface area contributed by atoms with E-state index in [-0.39, 0.29) is 48.8 Å². The van der Waals surface area contributed by atoms with Crippen molar-refractivity contribution in [1.29, 1.82) is 0 Å². The summed E-state index contributed by atoms with van der Waals surface area (Å²) in [5.74, 6) is -2.05. The summed E-state index contributed by atoms with van der Waals surface area (Å²) in [4.78, 5) is 46.1. The Labute approximate surface area is 131 Å². The zero-order valence-corrected chi connectivity index (χ0v) is 12.2. The van der Waals surface area contributed by atoms with E-state index in [1.807, 2.05) is 0 Å². The van der Waals surface area contributed by atoms with Gasteiger partial charge in [-0.05, 0) is 24.3 Å². The number of ether oxygens (including phenoxy) is 1. The van der Waals surface area contributed by atoms with E-state index in [1.165, 1.54) is 24.7 Å². The van der Waals surface area contributed by atoms with Gasteiger partial charge in [-0.3, -0.25) is 19.2 Å². The standard InChI is InChI=1S/C16H14O7/c17-11(13-3-1-9-21-13)5-7-15(19)23-16(20)8-6-12(18)14-4-2-10-22-14/h1-4,9-10H,5-8H2. The van der Waals surface area contributed by atoms with E-state index in [0.717, 1.165) is 0 Å². The lowest BCUT2D eigenvalue weighted by Gasteiger charge is -2.02. The van der Waals surface area contributed by atoms with Crippen molar-refractivity contribution in [3.05, 3.63) is 48.3 Å². The van der Waals surface area contributed by atoms with E-state index in [9.17, 15) is 19.2 Å². The summed E-state index contributed by atoms with van der Waals surface area (Å²) in [5.41, 5.74) is 0. The number of hydrogen-bond acceptors (Lipinski definition) is 7. The molecule has 2 aromatic rings. The van der Waals surface area contributed by atoms with Crippen molar-refractivity contribution in [3.63, 3.8) is 0 Å². The number of ketones is 2. The summed E-state index contributed by atoms with van der Waals surface area (Å²) < 4.78 is 14.3. The molecule has 2 heterocycles. The lowest BCUT2D eigenvalue weighted by molar-refractivity contribution is -0.159. The zero-order chi connectivity index (χ0) is 16.7. The summed E-state index contributed by atoms with van der Waals surface area (Å²) in [7, 11) is 0. The van der Waals surface area contributed by atoms with Gasteiger partial charge in [0, 0.05) is 12.8 Å². The third kappa shape index (κ3) is 5.06. The van der Waals surface area contributed by atoms with Crippen LogP contribution in [0.15, 0.2) is 45.6 Å². The Bertz CT molecular complexity index is 620. The predicted molar refractivity (Wildman–Crippen MR) is 75.6 cm³/mol. The maximum atomic E-state index is 11.6. The largest absolute Gasteiger partial charge is 0.461 e. The zero-order valence-electron chi connectivity index (χ0n) is 12.2. The van der Waals surface area contributed by atoms with Crippen LogP contribution in [-0.2, 0) is 14.3 Å². The second-order valence-corrected chi connectivity index (χ2v) is 4.65. The summed E-state index contributed by atoms with van der Waals surface area (Å²) in [5, 5.41) is 0. The molecule has 2 rings (SSSR count). The number of Topliss-reactive ketones (excluding diaryl/α,β-unsaturated/α-hetero) is 2. The summed E-state index contributed by atoms with van der Waals surface area (Å²) in [6.45, 7) is 0. The van der Waals surface area contributed by atoms with Crippen molar-refractivity contribution in [2.24, 2.45) is 0 Å². The van der Waals surface area contributed by atoms with Gasteiger partial charge >= 0.3 is 11.9 Å². The van der Waals surface area contributed by atoms with Crippen LogP contribution in [0.5, 0.6) is 0 Å². The van der Waals surface area contributed by atoms with Crippen molar-refractivity contribution in [1.82, 2.24) is 0 Å². The van der Waals surface area contributed by atoms with Gasteiger partial charge in [0.2, 0.25) is 0 Å². The molecule has 0 radical (unpaired) electrons. The Hall–Kier alpha value is -2.96. The van der Waals surface area contributed by atoms with Crippen molar-refractivity contribution in [2.45, 2.75) is 25.7 Å². The molecular weight excluding hydrogens is 304 g/mol. The summed E-state index contributed by atoms with van der Waals surface area (Å²) >= 11 is 0. The molecule has 0 amide bonds. The molecule has 0 aliphatic heterocycles. The molecule has 0 aliphatic rings. The van der Waals surface area contributed by atoms with Crippen molar-refractivity contribution in [2.75, 3.05) is 0 Å². The molecule has 0 aliphatic carbocycles. The van der Waals surface area contributed by atoms with Gasteiger partial charge in [-0.2, -0.15) is 0 Å². The first-order valence-electron chi connectivity index (χ1n) is 6.93. The second kappa shape index (κ2) is 7.88. The van der Waals surface area contributed by atoms with E-state index in [4.69, 9.17) is 8.83 Å². The van der Waals surface area contributed by atoms with Gasteiger partial charge in [-0.1, -0.05) is 0 Å². The van der Waals surface area contributed by atoms with Gasteiger partial charge in [0.05, 0.1) is 25.4 Å². The normalized spacial score (nSPS) is 10.3. The van der Waals surface area contributed by atoms with E-state index >= 15 is 0 Å². The molecule has 0 saturated heterocycles. The van der Waals surface area contributed by atoms with Crippen molar-refractivity contribution in [3.8, 4) is 0 Å². The fraction of sp³-hybridized carbons (Fsp3) is 0.250. The third-order valence-electron chi connectivity index (χ3n) is 2.93. The highest BCUT2D eigenvalue weighted by molar-refractivity contribution is 5.97. The van der Waals surface area contributed by atoms with Crippen LogP contribution in [0.2, 0.25) is 0 Å². The van der Waals surface area contributed by atoms with E-state index < -0.39 is 11.9 Å². The Morgan fingerprint density at radius 2 is 1.17 bits per heavy atom.